The Bertz CT molecular complexity index is 997. The molecule has 0 fully saturated rings. The average Bonchev–Trinajstić information content (AvgIpc) is 2.93. The highest BCUT2D eigenvalue weighted by atomic mass is 35.5. The fourth-order valence-electron chi connectivity index (χ4n) is 2.47. The third-order valence-corrected chi connectivity index (χ3v) is 4.13. The van der Waals surface area contributed by atoms with Gasteiger partial charge >= 0.3 is 11.6 Å². The van der Waals surface area contributed by atoms with Crippen molar-refractivity contribution < 1.29 is 14.0 Å². The SMILES string of the molecule is CCOC(=O)Cc1cc(=O)c2n(Cc3ccc(Cl)cc3Cl)nc[n+]2[nH]1. The number of carbonyl (C=O) groups excluding carboxylic acids is 1. The number of aromatic nitrogens is 4. The number of nitrogens with one attached hydrogen (secondary N) is 1. The van der Waals surface area contributed by atoms with Crippen LogP contribution in [0.4, 0.5) is 0 Å². The molecule has 0 saturated heterocycles. The highest BCUT2D eigenvalue weighted by Gasteiger charge is 2.19. The summed E-state index contributed by atoms with van der Waals surface area (Å²) in [6, 6.07) is 6.52. The summed E-state index contributed by atoms with van der Waals surface area (Å²) < 4.78 is 7.89. The maximum absolute atomic E-state index is 12.4. The van der Waals surface area contributed by atoms with Gasteiger partial charge in [0.25, 0.3) is 11.8 Å². The quantitative estimate of drug-likeness (QED) is 0.539. The van der Waals surface area contributed by atoms with Crippen molar-refractivity contribution in [3.05, 3.63) is 62.1 Å². The molecule has 7 nitrogen and oxygen atoms in total. The van der Waals surface area contributed by atoms with Crippen LogP contribution in [0.2, 0.25) is 10.0 Å². The molecule has 0 aliphatic carbocycles. The molecular weight excluding hydrogens is 367 g/mol. The Morgan fingerprint density at radius 1 is 1.36 bits per heavy atom. The number of hydrogen-bond acceptors (Lipinski definition) is 4. The fourth-order valence-corrected chi connectivity index (χ4v) is 2.94. The highest BCUT2D eigenvalue weighted by Crippen LogP contribution is 2.21. The van der Waals surface area contributed by atoms with Crippen molar-refractivity contribution in [1.82, 2.24) is 14.9 Å². The first-order valence-corrected chi connectivity index (χ1v) is 8.32. The summed E-state index contributed by atoms with van der Waals surface area (Å²) >= 11 is 12.1. The minimum absolute atomic E-state index is 0.0137. The van der Waals surface area contributed by atoms with Gasteiger partial charge in [0.2, 0.25) is 0 Å². The number of carbonyl (C=O) groups is 1. The van der Waals surface area contributed by atoms with Crippen LogP contribution in [0.3, 0.4) is 0 Å². The molecule has 0 amide bonds. The van der Waals surface area contributed by atoms with Crippen LogP contribution in [-0.4, -0.2) is 27.5 Å². The first-order valence-electron chi connectivity index (χ1n) is 7.57. The normalized spacial score (nSPS) is 11.0. The van der Waals surface area contributed by atoms with Crippen LogP contribution in [0, 0.1) is 0 Å². The summed E-state index contributed by atoms with van der Waals surface area (Å²) in [4.78, 5) is 24.0. The lowest BCUT2D eigenvalue weighted by Crippen LogP contribution is -2.33. The first kappa shape index (κ1) is 17.4. The summed E-state index contributed by atoms with van der Waals surface area (Å²) in [6.45, 7) is 2.33. The summed E-state index contributed by atoms with van der Waals surface area (Å²) in [5.41, 5.74) is 1.30. The Kier molecular flexibility index (Phi) is 5.06. The maximum Gasteiger partial charge on any atom is 0.331 e. The third kappa shape index (κ3) is 3.83. The van der Waals surface area contributed by atoms with E-state index in [9.17, 15) is 9.59 Å². The summed E-state index contributed by atoms with van der Waals surface area (Å²) in [5.74, 6) is -0.404. The van der Waals surface area contributed by atoms with Gasteiger partial charge in [-0.25, -0.2) is 5.10 Å². The van der Waals surface area contributed by atoms with E-state index in [-0.39, 0.29) is 18.5 Å². The second-order valence-corrected chi connectivity index (χ2v) is 6.19. The number of esters is 1. The average molecular weight is 382 g/mol. The van der Waals surface area contributed by atoms with E-state index >= 15 is 0 Å². The largest absolute Gasteiger partial charge is 0.466 e. The monoisotopic (exact) mass is 381 g/mol. The van der Waals surface area contributed by atoms with Crippen molar-refractivity contribution in [3.63, 3.8) is 0 Å². The van der Waals surface area contributed by atoms with Crippen LogP contribution in [0.1, 0.15) is 18.2 Å². The van der Waals surface area contributed by atoms with Gasteiger partial charge in [0.15, 0.2) is 0 Å². The van der Waals surface area contributed by atoms with Gasteiger partial charge in [-0.15, -0.1) is 4.52 Å². The number of nitrogens with zero attached hydrogens (tertiary/aromatic N) is 3. The van der Waals surface area contributed by atoms with Crippen LogP contribution in [0.15, 0.2) is 35.4 Å². The highest BCUT2D eigenvalue weighted by molar-refractivity contribution is 6.35. The third-order valence-electron chi connectivity index (χ3n) is 3.54. The molecule has 0 bridgehead atoms. The topological polar surface area (TPSA) is 81.1 Å². The molecule has 0 radical (unpaired) electrons. The molecular formula is C16H15Cl2N4O3+. The zero-order valence-corrected chi connectivity index (χ0v) is 14.8. The van der Waals surface area contributed by atoms with Crippen LogP contribution < -0.4 is 9.94 Å². The molecule has 3 aromatic rings. The minimum Gasteiger partial charge on any atom is -0.466 e. The Balaban J connectivity index is 1.93. The lowest BCUT2D eigenvalue weighted by Gasteiger charge is -2.02. The predicted molar refractivity (Wildman–Crippen MR) is 91.9 cm³/mol. The standard InChI is InChI=1S/C16H14Cl2N4O3/c1-2-25-15(24)7-12-6-14(23)16-21(19-9-22(16)20-12)8-10-3-4-11(17)5-13(10)18/h3-6,9H,2,7-8H2,1H3/p+1. The van der Waals surface area contributed by atoms with Crippen molar-refractivity contribution in [2.45, 2.75) is 19.9 Å². The molecule has 0 aliphatic rings. The molecule has 0 saturated carbocycles. The number of ether oxygens (including phenoxy) is 1. The van der Waals surface area contributed by atoms with Gasteiger partial charge in [-0.1, -0.05) is 34.0 Å². The van der Waals surface area contributed by atoms with Gasteiger partial charge < -0.3 is 4.74 Å². The molecule has 1 N–H and O–H groups in total. The van der Waals surface area contributed by atoms with Gasteiger partial charge in [-0.2, -0.15) is 0 Å². The van der Waals surface area contributed by atoms with E-state index in [4.69, 9.17) is 27.9 Å². The smallest absolute Gasteiger partial charge is 0.331 e. The lowest BCUT2D eigenvalue weighted by molar-refractivity contribution is -0.582. The molecule has 130 valence electrons. The molecule has 9 heteroatoms. The fraction of sp³-hybridized carbons (Fsp3) is 0.250. The Morgan fingerprint density at radius 2 is 2.16 bits per heavy atom. The number of benzene rings is 1. The predicted octanol–water partition coefficient (Wildman–Crippen LogP) is 1.77. The van der Waals surface area contributed by atoms with E-state index < -0.39 is 5.97 Å². The van der Waals surface area contributed by atoms with Crippen molar-refractivity contribution in [2.75, 3.05) is 6.61 Å². The van der Waals surface area contributed by atoms with Crippen LogP contribution in [0.5, 0.6) is 0 Å². The summed E-state index contributed by atoms with van der Waals surface area (Å²) in [7, 11) is 0. The second kappa shape index (κ2) is 7.25. The molecule has 0 spiro atoms. The zero-order chi connectivity index (χ0) is 18.0. The molecule has 2 aromatic heterocycles. The number of H-pyrrole nitrogens is 1. The minimum atomic E-state index is -0.404. The Hall–Kier alpha value is -2.38. The van der Waals surface area contributed by atoms with E-state index in [1.54, 1.807) is 25.1 Å². The number of hydrogen-bond donors (Lipinski definition) is 1. The van der Waals surface area contributed by atoms with Gasteiger partial charge in [-0.05, 0) is 19.1 Å². The van der Waals surface area contributed by atoms with Gasteiger partial charge in [0.05, 0.1) is 18.7 Å². The molecule has 2 heterocycles. The first-order chi connectivity index (χ1) is 12.0. The van der Waals surface area contributed by atoms with E-state index in [0.717, 1.165) is 5.56 Å². The van der Waals surface area contributed by atoms with Crippen molar-refractivity contribution in [1.29, 1.82) is 0 Å². The van der Waals surface area contributed by atoms with E-state index in [1.807, 2.05) is 0 Å². The van der Waals surface area contributed by atoms with Gasteiger partial charge in [0.1, 0.15) is 6.54 Å². The van der Waals surface area contributed by atoms with Crippen LogP contribution in [-0.2, 0) is 22.5 Å². The number of aromatic amines is 1. The van der Waals surface area contributed by atoms with E-state index in [1.165, 1.54) is 21.6 Å². The summed E-state index contributed by atoms with van der Waals surface area (Å²) in [6.07, 6.45) is 1.45. The van der Waals surface area contributed by atoms with Crippen molar-refractivity contribution in [3.8, 4) is 0 Å². The molecule has 1 aromatic carbocycles. The van der Waals surface area contributed by atoms with Gasteiger partial charge in [-0.3, -0.25) is 9.59 Å². The van der Waals surface area contributed by atoms with E-state index in [2.05, 4.69) is 10.2 Å². The van der Waals surface area contributed by atoms with Gasteiger partial charge in [0, 0.05) is 26.8 Å². The molecule has 0 atom stereocenters. The maximum atomic E-state index is 12.4. The van der Waals surface area contributed by atoms with Crippen LogP contribution >= 0.6 is 23.2 Å². The van der Waals surface area contributed by atoms with Crippen LogP contribution in [0.25, 0.3) is 5.65 Å². The molecule has 0 aliphatic heterocycles. The number of fused-ring (bicyclic) bond motifs is 1. The lowest BCUT2D eigenvalue weighted by atomic mass is 10.2. The number of rotatable bonds is 5. The zero-order valence-electron chi connectivity index (χ0n) is 13.3. The van der Waals surface area contributed by atoms with E-state index in [0.29, 0.717) is 27.9 Å². The molecule has 25 heavy (non-hydrogen) atoms. The molecule has 3 rings (SSSR count). The van der Waals surface area contributed by atoms with Crippen molar-refractivity contribution >= 4 is 34.8 Å². The number of halogens is 2. The Morgan fingerprint density at radius 3 is 2.88 bits per heavy atom. The van der Waals surface area contributed by atoms with Crippen molar-refractivity contribution in [2.24, 2.45) is 0 Å². The summed E-state index contributed by atoms with van der Waals surface area (Å²) in [5, 5.41) is 8.21. The second-order valence-electron chi connectivity index (χ2n) is 5.35. The Labute approximate surface area is 152 Å². The molecule has 0 unspecified atom stereocenters.